The molecule has 138 valence electrons. The van der Waals surface area contributed by atoms with E-state index in [-0.39, 0.29) is 0 Å². The fraction of sp³-hybridized carbons (Fsp3) is 0.0769. The minimum atomic E-state index is -1.29. The van der Waals surface area contributed by atoms with Crippen LogP contribution in [-0.2, 0) is 10.8 Å². The highest BCUT2D eigenvalue weighted by Gasteiger charge is 2.17. The third-order valence-electron chi connectivity index (χ3n) is 4.84. The van der Waals surface area contributed by atoms with Crippen molar-refractivity contribution >= 4 is 10.8 Å². The molecule has 0 saturated heterocycles. The van der Waals surface area contributed by atoms with E-state index in [0.717, 1.165) is 43.2 Å². The van der Waals surface area contributed by atoms with Crippen molar-refractivity contribution in [2.45, 2.75) is 23.6 Å². The molecular formula is C26H22OS. The molecule has 0 atom stereocenters. The molecule has 0 fully saturated rings. The summed E-state index contributed by atoms with van der Waals surface area (Å²) in [6.45, 7) is 4.14. The standard InChI is InChI=1S/C26H22OS/c1-19-13-15-25(23(17-19)21-9-5-3-6-10-21)28(27)26-16-14-20(2)18-24(26)22-11-7-4-8-12-22/h3-18H,1-2H3. The maximum atomic E-state index is 13.8. The van der Waals surface area contributed by atoms with Gasteiger partial charge in [-0.3, -0.25) is 0 Å². The van der Waals surface area contributed by atoms with Crippen LogP contribution in [0.5, 0.6) is 0 Å². The molecule has 0 aliphatic heterocycles. The summed E-state index contributed by atoms with van der Waals surface area (Å²) in [6.07, 6.45) is 0. The molecule has 0 amide bonds. The Balaban J connectivity index is 1.89. The minimum Gasteiger partial charge on any atom is -0.249 e. The van der Waals surface area contributed by atoms with E-state index in [1.54, 1.807) is 0 Å². The van der Waals surface area contributed by atoms with Crippen molar-refractivity contribution < 1.29 is 4.21 Å². The summed E-state index contributed by atoms with van der Waals surface area (Å²) in [7, 11) is -1.29. The molecule has 0 unspecified atom stereocenters. The lowest BCUT2D eigenvalue weighted by atomic mass is 10.0. The molecule has 0 spiro atoms. The van der Waals surface area contributed by atoms with Crippen LogP contribution in [0.3, 0.4) is 0 Å². The molecule has 2 heteroatoms. The first-order chi connectivity index (χ1) is 13.6. The van der Waals surface area contributed by atoms with Gasteiger partial charge in [-0.1, -0.05) is 96.1 Å². The second-order valence-corrected chi connectivity index (χ2v) is 8.42. The van der Waals surface area contributed by atoms with E-state index in [9.17, 15) is 4.21 Å². The van der Waals surface area contributed by atoms with Gasteiger partial charge in [-0.2, -0.15) is 0 Å². The minimum absolute atomic E-state index is 0.845. The topological polar surface area (TPSA) is 17.1 Å². The van der Waals surface area contributed by atoms with E-state index in [1.165, 1.54) is 0 Å². The first kappa shape index (κ1) is 18.4. The molecule has 0 saturated carbocycles. The highest BCUT2D eigenvalue weighted by atomic mass is 32.2. The quantitative estimate of drug-likeness (QED) is 0.379. The molecule has 0 aliphatic carbocycles. The summed E-state index contributed by atoms with van der Waals surface area (Å²) in [4.78, 5) is 1.69. The van der Waals surface area contributed by atoms with E-state index in [1.807, 2.05) is 60.7 Å². The Morgan fingerprint density at radius 2 is 0.929 bits per heavy atom. The zero-order chi connectivity index (χ0) is 19.5. The van der Waals surface area contributed by atoms with Crippen molar-refractivity contribution in [1.29, 1.82) is 0 Å². The molecule has 0 bridgehead atoms. The predicted molar refractivity (Wildman–Crippen MR) is 118 cm³/mol. The van der Waals surface area contributed by atoms with Crippen LogP contribution in [-0.4, -0.2) is 4.21 Å². The van der Waals surface area contributed by atoms with Gasteiger partial charge in [-0.05, 0) is 48.2 Å². The van der Waals surface area contributed by atoms with E-state index in [2.05, 4.69) is 50.2 Å². The largest absolute Gasteiger partial charge is 0.249 e. The molecule has 4 rings (SSSR count). The molecule has 0 aromatic heterocycles. The maximum absolute atomic E-state index is 13.8. The van der Waals surface area contributed by atoms with Crippen molar-refractivity contribution in [2.24, 2.45) is 0 Å². The van der Waals surface area contributed by atoms with Crippen molar-refractivity contribution in [3.05, 3.63) is 108 Å². The van der Waals surface area contributed by atoms with E-state index in [4.69, 9.17) is 0 Å². The predicted octanol–water partition coefficient (Wildman–Crippen LogP) is 6.80. The Kier molecular flexibility index (Phi) is 5.23. The fourth-order valence-electron chi connectivity index (χ4n) is 3.42. The van der Waals surface area contributed by atoms with Gasteiger partial charge in [-0.15, -0.1) is 0 Å². The lowest BCUT2D eigenvalue weighted by molar-refractivity contribution is 0.683. The average molecular weight is 383 g/mol. The van der Waals surface area contributed by atoms with E-state index >= 15 is 0 Å². The van der Waals surface area contributed by atoms with Gasteiger partial charge in [0.1, 0.15) is 0 Å². The maximum Gasteiger partial charge on any atom is 0.0862 e. The van der Waals surface area contributed by atoms with Crippen molar-refractivity contribution in [3.63, 3.8) is 0 Å². The Hall–Kier alpha value is -2.97. The summed E-state index contributed by atoms with van der Waals surface area (Å²) in [5, 5.41) is 0. The van der Waals surface area contributed by atoms with Crippen LogP contribution in [0.25, 0.3) is 22.3 Å². The van der Waals surface area contributed by atoms with Crippen LogP contribution in [0.1, 0.15) is 11.1 Å². The SMILES string of the molecule is Cc1ccc(S(=O)c2ccc(C)cc2-c2ccccc2)c(-c2ccccc2)c1. The molecule has 1 nitrogen and oxygen atoms in total. The second-order valence-electron chi connectivity index (χ2n) is 7.00. The third kappa shape index (κ3) is 3.69. The highest BCUT2D eigenvalue weighted by Crippen LogP contribution is 2.34. The van der Waals surface area contributed by atoms with E-state index in [0.29, 0.717) is 0 Å². The van der Waals surface area contributed by atoms with E-state index < -0.39 is 10.8 Å². The number of rotatable bonds is 4. The van der Waals surface area contributed by atoms with Gasteiger partial charge < -0.3 is 0 Å². The monoisotopic (exact) mass is 382 g/mol. The molecule has 4 aromatic rings. The summed E-state index contributed by atoms with van der Waals surface area (Å²) >= 11 is 0. The van der Waals surface area contributed by atoms with Crippen LogP contribution in [0.2, 0.25) is 0 Å². The normalized spacial score (nSPS) is 11.0. The second kappa shape index (κ2) is 7.95. The van der Waals surface area contributed by atoms with Crippen LogP contribution < -0.4 is 0 Å². The molecule has 4 aromatic carbocycles. The van der Waals surface area contributed by atoms with Gasteiger partial charge in [0.25, 0.3) is 0 Å². The van der Waals surface area contributed by atoms with Gasteiger partial charge in [0.05, 0.1) is 20.6 Å². The Morgan fingerprint density at radius 1 is 0.536 bits per heavy atom. The van der Waals surface area contributed by atoms with Crippen LogP contribution in [0.15, 0.2) is 107 Å². The van der Waals surface area contributed by atoms with Crippen molar-refractivity contribution in [2.75, 3.05) is 0 Å². The van der Waals surface area contributed by atoms with Gasteiger partial charge in [0, 0.05) is 0 Å². The molecule has 0 heterocycles. The molecule has 0 aliphatic rings. The lowest BCUT2D eigenvalue weighted by Gasteiger charge is -2.15. The first-order valence-corrected chi connectivity index (χ1v) is 10.5. The molecule has 28 heavy (non-hydrogen) atoms. The Morgan fingerprint density at radius 3 is 1.32 bits per heavy atom. The van der Waals surface area contributed by atoms with Crippen LogP contribution in [0.4, 0.5) is 0 Å². The zero-order valence-electron chi connectivity index (χ0n) is 16.1. The summed E-state index contributed by atoms with van der Waals surface area (Å²) < 4.78 is 13.8. The number of hydrogen-bond acceptors (Lipinski definition) is 1. The van der Waals surface area contributed by atoms with Gasteiger partial charge in [-0.25, -0.2) is 4.21 Å². The summed E-state index contributed by atoms with van der Waals surface area (Å²) in [6, 6.07) is 32.7. The number of aryl methyl sites for hydroxylation is 2. The first-order valence-electron chi connectivity index (χ1n) is 9.37. The van der Waals surface area contributed by atoms with Gasteiger partial charge in [0.15, 0.2) is 0 Å². The van der Waals surface area contributed by atoms with Crippen molar-refractivity contribution in [3.8, 4) is 22.3 Å². The van der Waals surface area contributed by atoms with Gasteiger partial charge >= 0.3 is 0 Å². The number of benzene rings is 4. The van der Waals surface area contributed by atoms with Crippen LogP contribution >= 0.6 is 0 Å². The zero-order valence-corrected chi connectivity index (χ0v) is 16.9. The molecule has 0 N–H and O–H groups in total. The Labute approximate surface area is 169 Å². The fourth-order valence-corrected chi connectivity index (χ4v) is 4.79. The molecule has 0 radical (unpaired) electrons. The highest BCUT2D eigenvalue weighted by molar-refractivity contribution is 7.85. The molecular weight excluding hydrogens is 360 g/mol. The average Bonchev–Trinajstić information content (AvgIpc) is 2.74. The number of hydrogen-bond donors (Lipinski definition) is 0. The Bertz CT molecular complexity index is 1040. The third-order valence-corrected chi connectivity index (χ3v) is 6.35. The summed E-state index contributed by atoms with van der Waals surface area (Å²) in [5.74, 6) is 0. The van der Waals surface area contributed by atoms with Gasteiger partial charge in [0.2, 0.25) is 0 Å². The van der Waals surface area contributed by atoms with Crippen molar-refractivity contribution in [1.82, 2.24) is 0 Å². The summed E-state index contributed by atoms with van der Waals surface area (Å²) in [5.41, 5.74) is 6.54. The smallest absolute Gasteiger partial charge is 0.0862 e. The van der Waals surface area contributed by atoms with Crippen LogP contribution in [0, 0.1) is 13.8 Å². The lowest BCUT2D eigenvalue weighted by Crippen LogP contribution is -1.99.